The summed E-state index contributed by atoms with van der Waals surface area (Å²) in [4.78, 5) is 14.5. The molecule has 0 spiro atoms. The number of nitrogens with zero attached hydrogens (tertiary/aromatic N) is 1. The van der Waals surface area contributed by atoms with Crippen molar-refractivity contribution in [1.82, 2.24) is 4.90 Å². The minimum absolute atomic E-state index is 0.0689. The summed E-state index contributed by atoms with van der Waals surface area (Å²) in [6.45, 7) is 2.81. The van der Waals surface area contributed by atoms with Gasteiger partial charge in [-0.2, -0.15) is 0 Å². The Morgan fingerprint density at radius 2 is 1.73 bits per heavy atom. The third-order valence-corrected chi connectivity index (χ3v) is 5.26. The third kappa shape index (κ3) is 4.99. The van der Waals surface area contributed by atoms with Crippen LogP contribution < -0.4 is 0 Å². The maximum absolute atomic E-state index is 12.9. The first-order valence-electron chi connectivity index (χ1n) is 9.37. The van der Waals surface area contributed by atoms with Gasteiger partial charge in [-0.15, -0.1) is 0 Å². The molecule has 1 aliphatic heterocycles. The van der Waals surface area contributed by atoms with E-state index in [4.69, 9.17) is 0 Å². The van der Waals surface area contributed by atoms with Gasteiger partial charge in [0.05, 0.1) is 6.10 Å². The lowest BCUT2D eigenvalue weighted by atomic mass is 9.87. The summed E-state index contributed by atoms with van der Waals surface area (Å²) in [7, 11) is 0. The molecule has 26 heavy (non-hydrogen) atoms. The first-order valence-corrected chi connectivity index (χ1v) is 9.37. The van der Waals surface area contributed by atoms with E-state index in [0.717, 1.165) is 44.5 Å². The van der Waals surface area contributed by atoms with E-state index in [0.29, 0.717) is 17.9 Å². The fraction of sp³-hybridized carbons (Fsp3) is 0.409. The molecule has 0 aromatic heterocycles. The van der Waals surface area contributed by atoms with Gasteiger partial charge >= 0.3 is 0 Å². The molecule has 138 valence electrons. The first kappa shape index (κ1) is 18.7. The quantitative estimate of drug-likeness (QED) is 0.756. The lowest BCUT2D eigenvalue weighted by molar-refractivity contribution is 0.0583. The van der Waals surface area contributed by atoms with Gasteiger partial charge in [-0.3, -0.25) is 4.79 Å². The number of benzene rings is 2. The van der Waals surface area contributed by atoms with Gasteiger partial charge in [-0.1, -0.05) is 30.3 Å². The summed E-state index contributed by atoms with van der Waals surface area (Å²) in [5.74, 6) is 0.0518. The van der Waals surface area contributed by atoms with E-state index in [1.54, 1.807) is 12.1 Å². The van der Waals surface area contributed by atoms with Crippen molar-refractivity contribution >= 4 is 5.78 Å². The Balaban J connectivity index is 1.39. The van der Waals surface area contributed by atoms with Gasteiger partial charge in [0.25, 0.3) is 0 Å². The van der Waals surface area contributed by atoms with Gasteiger partial charge in [0.2, 0.25) is 0 Å². The maximum atomic E-state index is 12.9. The van der Waals surface area contributed by atoms with Crippen LogP contribution in [-0.4, -0.2) is 35.4 Å². The van der Waals surface area contributed by atoms with Crippen LogP contribution in [0.3, 0.4) is 0 Å². The zero-order valence-corrected chi connectivity index (χ0v) is 15.0. The standard InChI is InChI=1S/C22H26FNO2/c23-20-10-8-17(9-11-20)21(25)7-4-14-24-15-12-19(13-16-24)22(26)18-5-2-1-3-6-18/h1-3,5-6,8-11,19,22,26H,4,7,12-16H2. The molecule has 1 N–H and O–H groups in total. The molecule has 2 aromatic rings. The number of piperidine rings is 1. The number of ketones is 1. The largest absolute Gasteiger partial charge is 0.388 e. The molecule has 0 saturated carbocycles. The molecule has 2 aromatic carbocycles. The van der Waals surface area contributed by atoms with Gasteiger partial charge in [-0.05, 0) is 74.6 Å². The van der Waals surface area contributed by atoms with Crippen molar-refractivity contribution in [2.45, 2.75) is 31.8 Å². The molecule has 3 rings (SSSR count). The van der Waals surface area contributed by atoms with E-state index in [2.05, 4.69) is 4.90 Å². The number of carbonyl (C=O) groups excluding carboxylic acids is 1. The number of aliphatic hydroxyl groups excluding tert-OH is 1. The number of halogens is 1. The van der Waals surface area contributed by atoms with Crippen molar-refractivity contribution in [2.24, 2.45) is 5.92 Å². The Bertz CT molecular complexity index is 694. The minimum atomic E-state index is -0.390. The molecule has 0 radical (unpaired) electrons. The maximum Gasteiger partial charge on any atom is 0.162 e. The van der Waals surface area contributed by atoms with Crippen LogP contribution in [0.5, 0.6) is 0 Å². The van der Waals surface area contributed by atoms with Gasteiger partial charge < -0.3 is 10.0 Å². The van der Waals surface area contributed by atoms with Gasteiger partial charge in [0, 0.05) is 12.0 Å². The normalized spacial score (nSPS) is 17.2. The number of aliphatic hydroxyl groups is 1. The Morgan fingerprint density at radius 1 is 1.08 bits per heavy atom. The number of likely N-dealkylation sites (tertiary alicyclic amines) is 1. The molecular weight excluding hydrogens is 329 g/mol. The predicted octanol–water partition coefficient (Wildman–Crippen LogP) is 4.23. The van der Waals surface area contributed by atoms with Gasteiger partial charge in [-0.25, -0.2) is 4.39 Å². The fourth-order valence-corrected chi connectivity index (χ4v) is 3.66. The Hall–Kier alpha value is -2.04. The van der Waals surface area contributed by atoms with E-state index in [9.17, 15) is 14.3 Å². The Morgan fingerprint density at radius 3 is 2.38 bits per heavy atom. The second-order valence-electron chi connectivity index (χ2n) is 7.07. The molecule has 3 nitrogen and oxygen atoms in total. The zero-order valence-electron chi connectivity index (χ0n) is 15.0. The molecule has 0 bridgehead atoms. The summed E-state index contributed by atoms with van der Waals surface area (Å²) in [6.07, 6.45) is 2.85. The number of carbonyl (C=O) groups is 1. The molecule has 0 aliphatic carbocycles. The zero-order chi connectivity index (χ0) is 18.4. The molecule has 1 atom stereocenters. The highest BCUT2D eigenvalue weighted by Gasteiger charge is 2.25. The van der Waals surface area contributed by atoms with Crippen LogP contribution in [-0.2, 0) is 0 Å². The van der Waals surface area contributed by atoms with Gasteiger partial charge in [0.1, 0.15) is 5.82 Å². The van der Waals surface area contributed by atoms with E-state index >= 15 is 0 Å². The molecule has 1 unspecified atom stereocenters. The summed E-state index contributed by atoms with van der Waals surface area (Å²) in [5, 5.41) is 10.5. The van der Waals surface area contributed by atoms with Crippen LogP contribution in [0, 0.1) is 11.7 Å². The van der Waals surface area contributed by atoms with Gasteiger partial charge in [0.15, 0.2) is 5.78 Å². The summed E-state index contributed by atoms with van der Waals surface area (Å²) in [5.41, 5.74) is 1.58. The third-order valence-electron chi connectivity index (χ3n) is 5.26. The molecule has 1 saturated heterocycles. The second-order valence-corrected chi connectivity index (χ2v) is 7.07. The lowest BCUT2D eigenvalue weighted by Gasteiger charge is -2.34. The van der Waals surface area contributed by atoms with Crippen molar-refractivity contribution in [3.8, 4) is 0 Å². The van der Waals surface area contributed by atoms with E-state index in [-0.39, 0.29) is 11.6 Å². The molecular formula is C22H26FNO2. The SMILES string of the molecule is O=C(CCCN1CCC(C(O)c2ccccc2)CC1)c1ccc(F)cc1. The fourth-order valence-electron chi connectivity index (χ4n) is 3.66. The number of Topliss-reactive ketones (excluding diaryl/α,β-unsaturated/α-hetero) is 1. The van der Waals surface area contributed by atoms with Crippen LogP contribution >= 0.6 is 0 Å². The monoisotopic (exact) mass is 355 g/mol. The van der Waals surface area contributed by atoms with E-state index < -0.39 is 6.10 Å². The molecule has 4 heteroatoms. The highest BCUT2D eigenvalue weighted by molar-refractivity contribution is 5.95. The summed E-state index contributed by atoms with van der Waals surface area (Å²) >= 11 is 0. The highest BCUT2D eigenvalue weighted by Crippen LogP contribution is 2.30. The second kappa shape index (κ2) is 9.06. The van der Waals surface area contributed by atoms with Crippen molar-refractivity contribution in [1.29, 1.82) is 0 Å². The van der Waals surface area contributed by atoms with Crippen LogP contribution in [0.2, 0.25) is 0 Å². The molecule has 1 heterocycles. The lowest BCUT2D eigenvalue weighted by Crippen LogP contribution is -2.36. The Labute approximate surface area is 154 Å². The molecule has 1 fully saturated rings. The highest BCUT2D eigenvalue weighted by atomic mass is 19.1. The van der Waals surface area contributed by atoms with Crippen molar-refractivity contribution < 1.29 is 14.3 Å². The number of hydrogen-bond donors (Lipinski definition) is 1. The van der Waals surface area contributed by atoms with Crippen LogP contribution in [0.15, 0.2) is 54.6 Å². The van der Waals surface area contributed by atoms with Crippen molar-refractivity contribution in [3.63, 3.8) is 0 Å². The van der Waals surface area contributed by atoms with E-state index in [1.165, 1.54) is 12.1 Å². The predicted molar refractivity (Wildman–Crippen MR) is 101 cm³/mol. The first-order chi connectivity index (χ1) is 12.6. The number of rotatable bonds is 7. The Kier molecular flexibility index (Phi) is 6.53. The van der Waals surface area contributed by atoms with Crippen molar-refractivity contribution in [3.05, 3.63) is 71.5 Å². The average Bonchev–Trinajstić information content (AvgIpc) is 2.69. The minimum Gasteiger partial charge on any atom is -0.388 e. The number of hydrogen-bond acceptors (Lipinski definition) is 3. The molecule has 0 amide bonds. The molecule has 1 aliphatic rings. The average molecular weight is 355 g/mol. The summed E-state index contributed by atoms with van der Waals surface area (Å²) < 4.78 is 12.9. The van der Waals surface area contributed by atoms with E-state index in [1.807, 2.05) is 30.3 Å². The smallest absolute Gasteiger partial charge is 0.162 e. The van der Waals surface area contributed by atoms with Crippen molar-refractivity contribution in [2.75, 3.05) is 19.6 Å². The topological polar surface area (TPSA) is 40.5 Å². The van der Waals surface area contributed by atoms with Crippen LogP contribution in [0.1, 0.15) is 47.7 Å². The van der Waals surface area contributed by atoms with Crippen LogP contribution in [0.4, 0.5) is 4.39 Å². The van der Waals surface area contributed by atoms with Crippen LogP contribution in [0.25, 0.3) is 0 Å². The summed E-state index contributed by atoms with van der Waals surface area (Å²) in [6, 6.07) is 15.6.